The molecule has 0 fully saturated rings. The number of rotatable bonds is 3. The number of carbonyl (C=O) groups excluding carboxylic acids is 1. The lowest BCUT2D eigenvalue weighted by molar-refractivity contribution is 0.564. The van der Waals surface area contributed by atoms with Gasteiger partial charge in [-0.15, -0.1) is 0 Å². The van der Waals surface area contributed by atoms with Crippen molar-refractivity contribution >= 4 is 12.4 Å². The molecule has 1 radical (unpaired) electrons. The summed E-state index contributed by atoms with van der Waals surface area (Å²) in [6.45, 7) is 0. The Morgan fingerprint density at radius 2 is 1.83 bits per heavy atom. The average Bonchev–Trinajstić information content (AvgIpc) is 2.14. The fourth-order valence-corrected chi connectivity index (χ4v) is 0.826. The van der Waals surface area contributed by atoms with Crippen molar-refractivity contribution in [2.45, 2.75) is 0 Å². The first-order valence-electron chi connectivity index (χ1n) is 3.69. The summed E-state index contributed by atoms with van der Waals surface area (Å²) < 4.78 is 0. The SMILES string of the molecule is O=[C]C=C/C=C/c1ccccc1. The monoisotopic (exact) mass is 157 g/mol. The Labute approximate surface area is 72.0 Å². The molecule has 1 rings (SSSR count). The summed E-state index contributed by atoms with van der Waals surface area (Å²) >= 11 is 0. The highest BCUT2D eigenvalue weighted by Gasteiger charge is 1.78. The second-order valence-electron chi connectivity index (χ2n) is 2.25. The standard InChI is InChI=1S/C11H9O/c12-10-6-2-5-9-11-7-3-1-4-8-11/h1-9H/b6-2?,9-5+. The third kappa shape index (κ3) is 2.97. The molecule has 59 valence electrons. The summed E-state index contributed by atoms with van der Waals surface area (Å²) in [5.74, 6) is 0. The second-order valence-corrected chi connectivity index (χ2v) is 2.25. The fourth-order valence-electron chi connectivity index (χ4n) is 0.826. The largest absolute Gasteiger partial charge is 0.286 e. The van der Waals surface area contributed by atoms with Gasteiger partial charge in [0.15, 0.2) is 0 Å². The Hall–Kier alpha value is -1.63. The molecular weight excluding hydrogens is 148 g/mol. The summed E-state index contributed by atoms with van der Waals surface area (Å²) in [7, 11) is 0. The molecule has 1 nitrogen and oxygen atoms in total. The van der Waals surface area contributed by atoms with Crippen molar-refractivity contribution in [3.63, 3.8) is 0 Å². The Morgan fingerprint density at radius 1 is 1.08 bits per heavy atom. The van der Waals surface area contributed by atoms with Crippen molar-refractivity contribution in [3.8, 4) is 0 Å². The molecule has 0 saturated carbocycles. The molecule has 1 aromatic rings. The van der Waals surface area contributed by atoms with E-state index < -0.39 is 0 Å². The van der Waals surface area contributed by atoms with Crippen molar-refractivity contribution in [2.24, 2.45) is 0 Å². The Bertz CT molecular complexity index is 283. The summed E-state index contributed by atoms with van der Waals surface area (Å²) in [4.78, 5) is 9.77. The lowest BCUT2D eigenvalue weighted by Gasteiger charge is -1.87. The third-order valence-electron chi connectivity index (χ3n) is 1.36. The van der Waals surface area contributed by atoms with Crippen molar-refractivity contribution < 1.29 is 4.79 Å². The molecule has 0 aliphatic rings. The molecule has 0 aliphatic heterocycles. The van der Waals surface area contributed by atoms with Crippen LogP contribution in [0.3, 0.4) is 0 Å². The number of hydrogen-bond donors (Lipinski definition) is 0. The van der Waals surface area contributed by atoms with Gasteiger partial charge in [0.2, 0.25) is 6.29 Å². The molecule has 0 bridgehead atoms. The van der Waals surface area contributed by atoms with Crippen LogP contribution in [0.5, 0.6) is 0 Å². The Balaban J connectivity index is 2.58. The maximum atomic E-state index is 9.77. The van der Waals surface area contributed by atoms with E-state index in [-0.39, 0.29) is 0 Å². The van der Waals surface area contributed by atoms with Crippen LogP contribution in [0.15, 0.2) is 48.6 Å². The van der Waals surface area contributed by atoms with E-state index in [0.717, 1.165) is 5.56 Å². The zero-order valence-corrected chi connectivity index (χ0v) is 6.60. The van der Waals surface area contributed by atoms with Crippen LogP contribution in [0.4, 0.5) is 0 Å². The van der Waals surface area contributed by atoms with Gasteiger partial charge < -0.3 is 0 Å². The molecule has 0 N–H and O–H groups in total. The highest BCUT2D eigenvalue weighted by molar-refractivity contribution is 5.67. The van der Waals surface area contributed by atoms with Crippen molar-refractivity contribution in [1.29, 1.82) is 0 Å². The zero-order valence-electron chi connectivity index (χ0n) is 6.60. The van der Waals surface area contributed by atoms with E-state index in [0.29, 0.717) is 0 Å². The summed E-state index contributed by atoms with van der Waals surface area (Å²) in [6, 6.07) is 9.89. The minimum atomic E-state index is 1.12. The topological polar surface area (TPSA) is 17.1 Å². The summed E-state index contributed by atoms with van der Waals surface area (Å²) in [6.07, 6.45) is 8.39. The van der Waals surface area contributed by atoms with Crippen LogP contribution < -0.4 is 0 Å². The van der Waals surface area contributed by atoms with Gasteiger partial charge in [-0.3, -0.25) is 4.79 Å². The quantitative estimate of drug-likeness (QED) is 0.486. The second kappa shape index (κ2) is 5.08. The van der Waals surface area contributed by atoms with Gasteiger partial charge in [0.05, 0.1) is 0 Å². The molecule has 12 heavy (non-hydrogen) atoms. The van der Waals surface area contributed by atoms with E-state index in [9.17, 15) is 4.79 Å². The van der Waals surface area contributed by atoms with Crippen LogP contribution in [0, 0.1) is 0 Å². The van der Waals surface area contributed by atoms with Crippen LogP contribution in [0.25, 0.3) is 6.08 Å². The molecule has 0 aromatic heterocycles. The molecule has 0 aliphatic carbocycles. The first-order chi connectivity index (χ1) is 5.93. The highest BCUT2D eigenvalue weighted by Crippen LogP contribution is 2.00. The van der Waals surface area contributed by atoms with Gasteiger partial charge in [0, 0.05) is 0 Å². The molecule has 1 aromatic carbocycles. The number of hydrogen-bond acceptors (Lipinski definition) is 1. The van der Waals surface area contributed by atoms with Gasteiger partial charge >= 0.3 is 0 Å². The zero-order chi connectivity index (χ0) is 8.65. The van der Waals surface area contributed by atoms with Gasteiger partial charge in [-0.05, 0) is 11.6 Å². The smallest absolute Gasteiger partial charge is 0.225 e. The average molecular weight is 157 g/mol. The molecule has 0 saturated heterocycles. The molecule has 0 unspecified atom stereocenters. The fraction of sp³-hybridized carbons (Fsp3) is 0. The van der Waals surface area contributed by atoms with Crippen molar-refractivity contribution in [1.82, 2.24) is 0 Å². The molecular formula is C11H9O. The van der Waals surface area contributed by atoms with Crippen molar-refractivity contribution in [2.75, 3.05) is 0 Å². The van der Waals surface area contributed by atoms with E-state index in [4.69, 9.17) is 0 Å². The number of allylic oxidation sites excluding steroid dienone is 3. The third-order valence-corrected chi connectivity index (χ3v) is 1.36. The first-order valence-corrected chi connectivity index (χ1v) is 3.69. The molecule has 0 spiro atoms. The highest BCUT2D eigenvalue weighted by atomic mass is 16.1. The van der Waals surface area contributed by atoms with E-state index in [1.165, 1.54) is 6.08 Å². The maximum absolute atomic E-state index is 9.77. The van der Waals surface area contributed by atoms with Crippen LogP contribution in [-0.4, -0.2) is 6.29 Å². The molecule has 0 heterocycles. The summed E-state index contributed by atoms with van der Waals surface area (Å²) in [5.41, 5.74) is 1.12. The first kappa shape index (κ1) is 8.47. The predicted octanol–water partition coefficient (Wildman–Crippen LogP) is 2.37. The van der Waals surface area contributed by atoms with Gasteiger partial charge in [0.25, 0.3) is 0 Å². The van der Waals surface area contributed by atoms with Crippen LogP contribution in [0.1, 0.15) is 5.56 Å². The number of benzene rings is 1. The summed E-state index contributed by atoms with van der Waals surface area (Å²) in [5, 5.41) is 0. The Kier molecular flexibility index (Phi) is 3.58. The normalized spacial score (nSPS) is 11.0. The van der Waals surface area contributed by atoms with Gasteiger partial charge in [0.1, 0.15) is 0 Å². The van der Waals surface area contributed by atoms with Crippen LogP contribution in [-0.2, 0) is 4.79 Å². The lowest BCUT2D eigenvalue weighted by atomic mass is 10.2. The predicted molar refractivity (Wildman–Crippen MR) is 50.3 cm³/mol. The Morgan fingerprint density at radius 3 is 2.50 bits per heavy atom. The van der Waals surface area contributed by atoms with Gasteiger partial charge in [-0.1, -0.05) is 48.6 Å². The molecule has 0 atom stereocenters. The van der Waals surface area contributed by atoms with Gasteiger partial charge in [-0.2, -0.15) is 0 Å². The van der Waals surface area contributed by atoms with Crippen molar-refractivity contribution in [3.05, 3.63) is 54.1 Å². The lowest BCUT2D eigenvalue weighted by Crippen LogP contribution is -1.66. The van der Waals surface area contributed by atoms with E-state index >= 15 is 0 Å². The van der Waals surface area contributed by atoms with Crippen LogP contribution >= 0.6 is 0 Å². The minimum absolute atomic E-state index is 1.12. The minimum Gasteiger partial charge on any atom is -0.286 e. The van der Waals surface area contributed by atoms with E-state index in [1.807, 2.05) is 36.4 Å². The van der Waals surface area contributed by atoms with E-state index in [2.05, 4.69) is 0 Å². The maximum Gasteiger partial charge on any atom is 0.225 e. The molecule has 1 heteroatoms. The van der Waals surface area contributed by atoms with E-state index in [1.54, 1.807) is 18.4 Å². The van der Waals surface area contributed by atoms with Crippen LogP contribution in [0.2, 0.25) is 0 Å². The molecule has 0 amide bonds. The van der Waals surface area contributed by atoms with Gasteiger partial charge in [-0.25, -0.2) is 0 Å².